The Labute approximate surface area is 220 Å². The Morgan fingerprint density at radius 1 is 0.711 bits per heavy atom. The average Bonchev–Trinajstić information content (AvgIpc) is 2.95. The van der Waals surface area contributed by atoms with Gasteiger partial charge in [0, 0.05) is 37.1 Å². The molecule has 1 aliphatic heterocycles. The number of pyridine rings is 1. The number of aromatic nitrogens is 1. The molecule has 38 heavy (non-hydrogen) atoms. The van der Waals surface area contributed by atoms with Crippen LogP contribution in [0, 0.1) is 0 Å². The number of ether oxygens (including phenoxy) is 6. The number of esters is 1. The number of benzene rings is 2. The van der Waals surface area contributed by atoms with E-state index in [1.807, 2.05) is 12.1 Å². The van der Waals surface area contributed by atoms with Crippen LogP contribution in [0.1, 0.15) is 10.5 Å². The Kier molecular flexibility index (Phi) is 7.86. The maximum absolute atomic E-state index is 14.1. The molecule has 1 fully saturated rings. The van der Waals surface area contributed by atoms with Gasteiger partial charge in [0.2, 0.25) is 5.75 Å². The normalized spacial score (nSPS) is 13.8. The van der Waals surface area contributed by atoms with E-state index in [9.17, 15) is 9.59 Å². The van der Waals surface area contributed by atoms with Crippen molar-refractivity contribution < 1.29 is 33.2 Å². The second-order valence-electron chi connectivity index (χ2n) is 8.76. The minimum atomic E-state index is -0.665. The summed E-state index contributed by atoms with van der Waals surface area (Å²) >= 11 is 0. The summed E-state index contributed by atoms with van der Waals surface area (Å²) in [7, 11) is 10.9. The van der Waals surface area contributed by atoms with Crippen molar-refractivity contribution in [2.24, 2.45) is 0 Å². The van der Waals surface area contributed by atoms with Gasteiger partial charge in [0.15, 0.2) is 28.7 Å². The molecule has 0 bridgehead atoms. The molecule has 0 unspecified atom stereocenters. The predicted octanol–water partition coefficient (Wildman–Crippen LogP) is 2.38. The van der Waals surface area contributed by atoms with Crippen molar-refractivity contribution in [2.45, 2.75) is 0 Å². The van der Waals surface area contributed by atoms with Crippen LogP contribution in [0.15, 0.2) is 29.1 Å². The zero-order chi connectivity index (χ0) is 27.6. The number of carbonyl (C=O) groups is 1. The van der Waals surface area contributed by atoms with E-state index in [0.29, 0.717) is 63.7 Å². The molecule has 0 atom stereocenters. The molecule has 1 aliphatic rings. The molecule has 0 amide bonds. The third-order valence-electron chi connectivity index (χ3n) is 6.76. The summed E-state index contributed by atoms with van der Waals surface area (Å²) in [5.41, 5.74) is 0.712. The number of likely N-dealkylation sites (N-methyl/N-ethyl adjacent to an activating group) is 1. The van der Waals surface area contributed by atoms with Crippen molar-refractivity contribution in [3.63, 3.8) is 0 Å². The van der Waals surface area contributed by atoms with Gasteiger partial charge >= 0.3 is 5.97 Å². The summed E-state index contributed by atoms with van der Waals surface area (Å²) in [5.74, 6) is 1.31. The van der Waals surface area contributed by atoms with Crippen molar-refractivity contribution in [1.29, 1.82) is 0 Å². The second-order valence-corrected chi connectivity index (χ2v) is 8.76. The molecule has 4 rings (SSSR count). The highest BCUT2D eigenvalue weighted by Gasteiger charge is 2.30. The van der Waals surface area contributed by atoms with Gasteiger partial charge in [-0.15, -0.1) is 0 Å². The first-order valence-corrected chi connectivity index (χ1v) is 12.0. The maximum atomic E-state index is 14.1. The summed E-state index contributed by atoms with van der Waals surface area (Å²) in [4.78, 5) is 29.7. The number of piperazine rings is 1. The lowest BCUT2D eigenvalue weighted by atomic mass is 9.95. The summed E-state index contributed by atoms with van der Waals surface area (Å²) < 4.78 is 34.4. The van der Waals surface area contributed by atoms with Crippen LogP contribution < -0.4 is 34.3 Å². The molecule has 204 valence electrons. The number of fused-ring (bicyclic) bond motifs is 1. The standard InChI is InChI=1S/C27H33N3O8/c1-28-8-10-29(11-9-28)30-24(27(32)38-7)23(16-12-21(35-4)25(37-6)22(13-16)36-5)17-14-19(33-2)20(34-3)15-18(17)26(30)31/h12-15H,8-11H2,1-7H3. The Hall–Kier alpha value is -4.12. The molecule has 0 saturated carbocycles. The van der Waals surface area contributed by atoms with Crippen molar-refractivity contribution in [2.75, 3.05) is 80.9 Å². The molecule has 0 aliphatic carbocycles. The van der Waals surface area contributed by atoms with E-state index in [-0.39, 0.29) is 11.3 Å². The van der Waals surface area contributed by atoms with E-state index in [2.05, 4.69) is 4.90 Å². The zero-order valence-corrected chi connectivity index (χ0v) is 22.7. The topological polar surface area (TPSA) is 101 Å². The fourth-order valence-corrected chi connectivity index (χ4v) is 4.78. The SMILES string of the molecule is COC(=O)c1c(-c2cc(OC)c(OC)c(OC)c2)c2cc(OC)c(OC)cc2c(=O)n1N1CCN(C)CC1. The van der Waals surface area contributed by atoms with E-state index in [1.165, 1.54) is 47.3 Å². The zero-order valence-electron chi connectivity index (χ0n) is 22.7. The molecule has 0 spiro atoms. The summed E-state index contributed by atoms with van der Waals surface area (Å²) in [6.07, 6.45) is 0. The number of methoxy groups -OCH3 is 6. The smallest absolute Gasteiger partial charge is 0.357 e. The van der Waals surface area contributed by atoms with E-state index >= 15 is 0 Å². The van der Waals surface area contributed by atoms with E-state index < -0.39 is 5.97 Å². The van der Waals surface area contributed by atoms with Gasteiger partial charge in [-0.05, 0) is 36.9 Å². The lowest BCUT2D eigenvalue weighted by Gasteiger charge is -2.36. The second kappa shape index (κ2) is 11.1. The highest BCUT2D eigenvalue weighted by molar-refractivity contribution is 6.08. The fraction of sp³-hybridized carbons (Fsp3) is 0.407. The molecule has 11 nitrogen and oxygen atoms in total. The van der Waals surface area contributed by atoms with Crippen LogP contribution in [-0.4, -0.2) is 91.4 Å². The van der Waals surface area contributed by atoms with Crippen molar-refractivity contribution in [1.82, 2.24) is 9.58 Å². The molecule has 3 aromatic rings. The molecular weight excluding hydrogens is 494 g/mol. The Morgan fingerprint density at radius 3 is 1.71 bits per heavy atom. The van der Waals surface area contributed by atoms with Crippen LogP contribution in [0.5, 0.6) is 28.7 Å². The molecule has 1 aromatic heterocycles. The third-order valence-corrected chi connectivity index (χ3v) is 6.76. The van der Waals surface area contributed by atoms with Crippen molar-refractivity contribution in [3.05, 3.63) is 40.3 Å². The van der Waals surface area contributed by atoms with E-state index in [0.717, 1.165) is 13.1 Å². The average molecular weight is 528 g/mol. The van der Waals surface area contributed by atoms with Gasteiger partial charge in [0.25, 0.3) is 5.56 Å². The molecular formula is C27H33N3O8. The molecule has 0 N–H and O–H groups in total. The monoisotopic (exact) mass is 527 g/mol. The van der Waals surface area contributed by atoms with Gasteiger partial charge in [0.05, 0.1) is 48.0 Å². The van der Waals surface area contributed by atoms with Crippen LogP contribution in [0.2, 0.25) is 0 Å². The van der Waals surface area contributed by atoms with Gasteiger partial charge in [-0.1, -0.05) is 0 Å². The van der Waals surface area contributed by atoms with Crippen LogP contribution in [0.25, 0.3) is 21.9 Å². The van der Waals surface area contributed by atoms with Gasteiger partial charge < -0.3 is 38.3 Å². The lowest BCUT2D eigenvalue weighted by Crippen LogP contribution is -2.54. The van der Waals surface area contributed by atoms with Crippen LogP contribution >= 0.6 is 0 Å². The number of hydrogen-bond acceptors (Lipinski definition) is 10. The highest BCUT2D eigenvalue weighted by Crippen LogP contribution is 2.44. The number of carbonyl (C=O) groups excluding carboxylic acids is 1. The maximum Gasteiger partial charge on any atom is 0.357 e. The number of hydrogen-bond donors (Lipinski definition) is 0. The minimum Gasteiger partial charge on any atom is -0.493 e. The fourth-order valence-electron chi connectivity index (χ4n) is 4.78. The van der Waals surface area contributed by atoms with Gasteiger partial charge in [-0.25, -0.2) is 9.47 Å². The molecule has 11 heteroatoms. The predicted molar refractivity (Wildman–Crippen MR) is 143 cm³/mol. The first-order chi connectivity index (χ1) is 18.3. The van der Waals surface area contributed by atoms with Gasteiger partial charge in [-0.3, -0.25) is 4.79 Å². The van der Waals surface area contributed by atoms with Crippen LogP contribution in [0.4, 0.5) is 0 Å². The highest BCUT2D eigenvalue weighted by atomic mass is 16.5. The summed E-state index contributed by atoms with van der Waals surface area (Å²) in [5, 5.41) is 2.69. The number of nitrogens with zero attached hydrogens (tertiary/aromatic N) is 3. The van der Waals surface area contributed by atoms with Gasteiger partial charge in [0.1, 0.15) is 0 Å². The van der Waals surface area contributed by atoms with Crippen molar-refractivity contribution >= 4 is 16.7 Å². The number of rotatable bonds is 8. The van der Waals surface area contributed by atoms with E-state index in [1.54, 1.807) is 24.3 Å². The largest absolute Gasteiger partial charge is 0.493 e. The summed E-state index contributed by atoms with van der Waals surface area (Å²) in [6.45, 7) is 2.51. The summed E-state index contributed by atoms with van der Waals surface area (Å²) in [6, 6.07) is 6.79. The molecule has 0 radical (unpaired) electrons. The molecule has 1 saturated heterocycles. The Morgan fingerprint density at radius 2 is 1.24 bits per heavy atom. The van der Waals surface area contributed by atoms with E-state index in [4.69, 9.17) is 28.4 Å². The minimum absolute atomic E-state index is 0.0797. The Bertz CT molecular complexity index is 1380. The van der Waals surface area contributed by atoms with Crippen LogP contribution in [-0.2, 0) is 4.74 Å². The third kappa shape index (κ3) is 4.53. The van der Waals surface area contributed by atoms with Crippen molar-refractivity contribution in [3.8, 4) is 39.9 Å². The molecule has 2 heterocycles. The quantitative estimate of drug-likeness (QED) is 0.406. The first kappa shape index (κ1) is 26.9. The Balaban J connectivity index is 2.21. The lowest BCUT2D eigenvalue weighted by molar-refractivity contribution is 0.0586. The first-order valence-electron chi connectivity index (χ1n) is 12.0. The van der Waals surface area contributed by atoms with Gasteiger partial charge in [-0.2, -0.15) is 0 Å². The van der Waals surface area contributed by atoms with Crippen LogP contribution in [0.3, 0.4) is 0 Å². The molecule has 2 aromatic carbocycles.